The maximum Gasteiger partial charge on any atom is 0.190 e. The molecule has 0 fully saturated rings. The molecule has 1 N–H and O–H groups in total. The summed E-state index contributed by atoms with van der Waals surface area (Å²) in [7, 11) is 0. The minimum absolute atomic E-state index is 0.0154. The number of hydrogen-bond acceptors (Lipinski definition) is 3. The van der Waals surface area contributed by atoms with Crippen molar-refractivity contribution in [1.82, 2.24) is 9.97 Å². The number of hydrogen-bond donors (Lipinski definition) is 1. The fourth-order valence-electron chi connectivity index (χ4n) is 0.458. The van der Waals surface area contributed by atoms with Gasteiger partial charge in [0.1, 0.15) is 0 Å². The molecule has 0 unspecified atom stereocenters. The summed E-state index contributed by atoms with van der Waals surface area (Å²) in [4.78, 5) is 7.77. The molecule has 0 radical (unpaired) electrons. The highest BCUT2D eigenvalue weighted by atomic mass is 127. The van der Waals surface area contributed by atoms with E-state index >= 15 is 0 Å². The summed E-state index contributed by atoms with van der Waals surface area (Å²) in [6.07, 6.45) is 1.63. The second-order valence-corrected chi connectivity index (χ2v) is 2.44. The third-order valence-corrected chi connectivity index (χ3v) is 1.37. The van der Waals surface area contributed by atoms with Gasteiger partial charge in [-0.25, -0.2) is 9.97 Å². The van der Waals surface area contributed by atoms with Gasteiger partial charge in [-0.2, -0.15) is 0 Å². The Balaban J connectivity index is 2.94. The maximum absolute atomic E-state index is 8.57. The smallest absolute Gasteiger partial charge is 0.190 e. The van der Waals surface area contributed by atoms with Gasteiger partial charge in [0, 0.05) is 28.8 Å². The van der Waals surface area contributed by atoms with E-state index in [0.717, 1.165) is 0 Å². The Morgan fingerprint density at radius 1 is 1.67 bits per heavy atom. The maximum atomic E-state index is 8.57. The van der Waals surface area contributed by atoms with Crippen LogP contribution < -0.4 is 0 Å². The fraction of sp³-hybridized carbons (Fsp3) is 0.200. The van der Waals surface area contributed by atoms with Gasteiger partial charge in [0.25, 0.3) is 0 Å². The molecule has 0 aliphatic rings. The molecule has 1 aromatic rings. The van der Waals surface area contributed by atoms with Crippen molar-refractivity contribution in [2.24, 2.45) is 0 Å². The van der Waals surface area contributed by atoms with Gasteiger partial charge in [-0.3, -0.25) is 0 Å². The molecule has 0 atom stereocenters. The lowest BCUT2D eigenvalue weighted by molar-refractivity contribution is 0.276. The molecule has 0 saturated heterocycles. The van der Waals surface area contributed by atoms with E-state index in [9.17, 15) is 0 Å². The van der Waals surface area contributed by atoms with Crippen molar-refractivity contribution in [2.75, 3.05) is 0 Å². The van der Waals surface area contributed by atoms with E-state index in [-0.39, 0.29) is 6.61 Å². The number of aromatic nitrogens is 2. The predicted octanol–water partition coefficient (Wildman–Crippen LogP) is 0.574. The minimum atomic E-state index is -0.0154. The lowest BCUT2D eigenvalue weighted by Gasteiger charge is -1.91. The Labute approximate surface area is 66.3 Å². The summed E-state index contributed by atoms with van der Waals surface area (Å²) in [5.41, 5.74) is 0.661. The topological polar surface area (TPSA) is 46.0 Å². The van der Waals surface area contributed by atoms with E-state index in [4.69, 9.17) is 5.11 Å². The van der Waals surface area contributed by atoms with Gasteiger partial charge in [-0.15, -0.1) is 0 Å². The fourth-order valence-corrected chi connectivity index (χ4v) is 0.928. The molecule has 9 heavy (non-hydrogen) atoms. The number of rotatable bonds is 1. The molecule has 1 heterocycles. The van der Waals surface area contributed by atoms with Crippen LogP contribution in [-0.4, -0.2) is 15.1 Å². The van der Waals surface area contributed by atoms with Crippen molar-refractivity contribution in [3.05, 3.63) is 21.8 Å². The van der Waals surface area contributed by atoms with E-state index in [1.165, 1.54) is 0 Å². The molecule has 0 saturated carbocycles. The van der Waals surface area contributed by atoms with E-state index in [1.54, 1.807) is 12.3 Å². The molecule has 0 spiro atoms. The van der Waals surface area contributed by atoms with Gasteiger partial charge in [0.05, 0.1) is 12.3 Å². The third kappa shape index (κ3) is 1.87. The first-order chi connectivity index (χ1) is 4.33. The number of aliphatic hydroxyl groups excluding tert-OH is 1. The minimum Gasteiger partial charge on any atom is -0.390 e. The molecule has 0 aliphatic carbocycles. The zero-order valence-electron chi connectivity index (χ0n) is 4.58. The highest BCUT2D eigenvalue weighted by Gasteiger charge is 1.90. The van der Waals surface area contributed by atoms with E-state index in [0.29, 0.717) is 9.53 Å². The quantitative estimate of drug-likeness (QED) is 0.572. The van der Waals surface area contributed by atoms with Crippen LogP contribution >= 0.6 is 22.6 Å². The molecule has 48 valence electrons. The van der Waals surface area contributed by atoms with Crippen LogP contribution in [0.25, 0.3) is 0 Å². The van der Waals surface area contributed by atoms with Crippen LogP contribution in [0.3, 0.4) is 0 Å². The predicted molar refractivity (Wildman–Crippen MR) is 40.7 cm³/mol. The molecule has 0 amide bonds. The lowest BCUT2D eigenvalue weighted by atomic mass is 10.4. The van der Waals surface area contributed by atoms with E-state index in [1.807, 2.05) is 22.6 Å². The average molecular weight is 236 g/mol. The molecule has 1 rings (SSSR count). The lowest BCUT2D eigenvalue weighted by Crippen LogP contribution is -1.92. The van der Waals surface area contributed by atoms with Crippen molar-refractivity contribution in [2.45, 2.75) is 6.61 Å². The number of nitrogens with zero attached hydrogens (tertiary/aromatic N) is 2. The largest absolute Gasteiger partial charge is 0.390 e. The first kappa shape index (κ1) is 6.88. The standard InChI is InChI=1S/C5H5IN2O/c6-5-7-2-1-4(3-9)8-5/h1-2,9H,3H2. The average Bonchev–Trinajstić information content (AvgIpc) is 1.88. The molecular weight excluding hydrogens is 231 g/mol. The van der Waals surface area contributed by atoms with Crippen LogP contribution in [-0.2, 0) is 6.61 Å². The molecule has 0 aromatic carbocycles. The van der Waals surface area contributed by atoms with E-state index < -0.39 is 0 Å². The van der Waals surface area contributed by atoms with Crippen LogP contribution in [0.1, 0.15) is 5.69 Å². The van der Waals surface area contributed by atoms with Crippen molar-refractivity contribution in [3.8, 4) is 0 Å². The molecule has 1 aromatic heterocycles. The van der Waals surface area contributed by atoms with Gasteiger partial charge < -0.3 is 5.11 Å². The molecule has 0 bridgehead atoms. The zero-order valence-corrected chi connectivity index (χ0v) is 6.74. The number of aliphatic hydroxyl groups is 1. The van der Waals surface area contributed by atoms with Gasteiger partial charge >= 0.3 is 0 Å². The Morgan fingerprint density at radius 2 is 2.44 bits per heavy atom. The summed E-state index contributed by atoms with van der Waals surface area (Å²) < 4.78 is 0.666. The second kappa shape index (κ2) is 3.07. The molecule has 4 heteroatoms. The van der Waals surface area contributed by atoms with Crippen LogP contribution in [0.4, 0.5) is 0 Å². The van der Waals surface area contributed by atoms with Crippen LogP contribution in [0, 0.1) is 3.83 Å². The second-order valence-electron chi connectivity index (χ2n) is 1.48. The Morgan fingerprint density at radius 3 is 2.89 bits per heavy atom. The highest BCUT2D eigenvalue weighted by Crippen LogP contribution is 1.97. The summed E-state index contributed by atoms with van der Waals surface area (Å²) in [5, 5.41) is 8.57. The highest BCUT2D eigenvalue weighted by molar-refractivity contribution is 14.1. The number of halogens is 1. The van der Waals surface area contributed by atoms with Crippen LogP contribution in [0.2, 0.25) is 0 Å². The SMILES string of the molecule is OCc1ccnc(I)n1. The first-order valence-corrected chi connectivity index (χ1v) is 3.49. The van der Waals surface area contributed by atoms with Crippen molar-refractivity contribution in [3.63, 3.8) is 0 Å². The van der Waals surface area contributed by atoms with Crippen molar-refractivity contribution in [1.29, 1.82) is 0 Å². The van der Waals surface area contributed by atoms with Crippen LogP contribution in [0.5, 0.6) is 0 Å². The third-order valence-electron chi connectivity index (χ3n) is 0.846. The zero-order chi connectivity index (χ0) is 6.69. The molecule has 3 nitrogen and oxygen atoms in total. The Kier molecular flexibility index (Phi) is 2.35. The van der Waals surface area contributed by atoms with Gasteiger partial charge in [-0.05, 0) is 6.07 Å². The monoisotopic (exact) mass is 236 g/mol. The molecule has 0 aliphatic heterocycles. The van der Waals surface area contributed by atoms with Gasteiger partial charge in [-0.1, -0.05) is 0 Å². The first-order valence-electron chi connectivity index (χ1n) is 2.41. The van der Waals surface area contributed by atoms with Gasteiger partial charge in [0.2, 0.25) is 0 Å². The normalized spacial score (nSPS) is 9.56. The molecular formula is C5H5IN2O. The Bertz CT molecular complexity index is 204. The Hall–Kier alpha value is -0.230. The van der Waals surface area contributed by atoms with Gasteiger partial charge in [0.15, 0.2) is 3.83 Å². The summed E-state index contributed by atoms with van der Waals surface area (Å²) in [6, 6.07) is 1.68. The summed E-state index contributed by atoms with van der Waals surface area (Å²) in [6.45, 7) is -0.0154. The van der Waals surface area contributed by atoms with Crippen molar-refractivity contribution < 1.29 is 5.11 Å². The van der Waals surface area contributed by atoms with Crippen molar-refractivity contribution >= 4 is 22.6 Å². The van der Waals surface area contributed by atoms with E-state index in [2.05, 4.69) is 9.97 Å². The van der Waals surface area contributed by atoms with Crippen LogP contribution in [0.15, 0.2) is 12.3 Å². The summed E-state index contributed by atoms with van der Waals surface area (Å²) in [5.74, 6) is 0. The summed E-state index contributed by atoms with van der Waals surface area (Å²) >= 11 is 2.00.